The number of hydrogen-bond donors (Lipinski definition) is 2. The standard InChI is InChI=1S/C14H15F2N3O3/c1-2-3-11-13(21)19(14(22)18-11)7-12(20)17-8-4-5-9(15)10(16)6-8/h4-6,11H,2-3,7H2,1H3,(H,17,20)(H,18,22). The highest BCUT2D eigenvalue weighted by molar-refractivity contribution is 6.07. The minimum Gasteiger partial charge on any atom is -0.326 e. The van der Waals surface area contributed by atoms with E-state index in [2.05, 4.69) is 10.6 Å². The Bertz CT molecular complexity index is 621. The lowest BCUT2D eigenvalue weighted by Gasteiger charge is -2.13. The Hall–Kier alpha value is -2.51. The van der Waals surface area contributed by atoms with Gasteiger partial charge in [-0.05, 0) is 18.6 Å². The monoisotopic (exact) mass is 311 g/mol. The maximum Gasteiger partial charge on any atom is 0.325 e. The Morgan fingerprint density at radius 3 is 2.68 bits per heavy atom. The van der Waals surface area contributed by atoms with Gasteiger partial charge in [0.2, 0.25) is 5.91 Å². The molecule has 1 heterocycles. The zero-order valence-corrected chi connectivity index (χ0v) is 11.9. The topological polar surface area (TPSA) is 78.5 Å². The second-order valence-electron chi connectivity index (χ2n) is 4.89. The van der Waals surface area contributed by atoms with E-state index in [0.29, 0.717) is 12.8 Å². The van der Waals surface area contributed by atoms with Crippen LogP contribution in [0.25, 0.3) is 0 Å². The maximum atomic E-state index is 13.0. The fourth-order valence-electron chi connectivity index (χ4n) is 2.13. The van der Waals surface area contributed by atoms with Crippen molar-refractivity contribution < 1.29 is 23.2 Å². The number of carbonyl (C=O) groups excluding carboxylic acids is 3. The summed E-state index contributed by atoms with van der Waals surface area (Å²) in [6.07, 6.45) is 1.21. The van der Waals surface area contributed by atoms with Crippen molar-refractivity contribution in [3.8, 4) is 0 Å². The number of hydrogen-bond acceptors (Lipinski definition) is 3. The van der Waals surface area contributed by atoms with Gasteiger partial charge in [0.25, 0.3) is 5.91 Å². The molecule has 0 aliphatic carbocycles. The number of rotatable bonds is 5. The second-order valence-corrected chi connectivity index (χ2v) is 4.89. The second kappa shape index (κ2) is 6.50. The Balaban J connectivity index is 1.98. The van der Waals surface area contributed by atoms with E-state index >= 15 is 0 Å². The summed E-state index contributed by atoms with van der Waals surface area (Å²) in [4.78, 5) is 36.2. The normalized spacial score (nSPS) is 17.6. The molecule has 1 aromatic carbocycles. The molecule has 8 heteroatoms. The summed E-state index contributed by atoms with van der Waals surface area (Å²) < 4.78 is 25.8. The number of benzene rings is 1. The Labute approximate surface area is 125 Å². The lowest BCUT2D eigenvalue weighted by molar-refractivity contribution is -0.130. The summed E-state index contributed by atoms with van der Waals surface area (Å²) in [6.45, 7) is 1.39. The number of imide groups is 1. The van der Waals surface area contributed by atoms with Crippen molar-refractivity contribution in [1.29, 1.82) is 0 Å². The van der Waals surface area contributed by atoms with Crippen LogP contribution in [0, 0.1) is 11.6 Å². The molecule has 1 fully saturated rings. The summed E-state index contributed by atoms with van der Waals surface area (Å²) in [7, 11) is 0. The van der Waals surface area contributed by atoms with Gasteiger partial charge in [-0.25, -0.2) is 13.6 Å². The first-order chi connectivity index (χ1) is 10.4. The van der Waals surface area contributed by atoms with Gasteiger partial charge in [0.05, 0.1) is 0 Å². The molecular weight excluding hydrogens is 296 g/mol. The molecule has 22 heavy (non-hydrogen) atoms. The van der Waals surface area contributed by atoms with Gasteiger partial charge in [0.15, 0.2) is 11.6 Å². The van der Waals surface area contributed by atoms with E-state index in [4.69, 9.17) is 0 Å². The number of anilines is 1. The van der Waals surface area contributed by atoms with Gasteiger partial charge in [0, 0.05) is 11.8 Å². The number of carbonyl (C=O) groups is 3. The molecule has 2 N–H and O–H groups in total. The van der Waals surface area contributed by atoms with Crippen molar-refractivity contribution in [2.45, 2.75) is 25.8 Å². The van der Waals surface area contributed by atoms with E-state index in [1.807, 2.05) is 6.92 Å². The van der Waals surface area contributed by atoms with Crippen molar-refractivity contribution in [3.05, 3.63) is 29.8 Å². The molecule has 0 radical (unpaired) electrons. The van der Waals surface area contributed by atoms with Crippen LogP contribution in [-0.4, -0.2) is 35.3 Å². The largest absolute Gasteiger partial charge is 0.326 e. The molecule has 0 aromatic heterocycles. The predicted molar refractivity (Wildman–Crippen MR) is 73.9 cm³/mol. The first kappa shape index (κ1) is 15.9. The minimum atomic E-state index is -1.10. The number of halogens is 2. The van der Waals surface area contributed by atoms with Gasteiger partial charge in [-0.1, -0.05) is 13.3 Å². The van der Waals surface area contributed by atoms with Crippen LogP contribution in [0.1, 0.15) is 19.8 Å². The molecule has 0 saturated carbocycles. The summed E-state index contributed by atoms with van der Waals surface area (Å²) >= 11 is 0. The molecule has 4 amide bonds. The molecule has 1 saturated heterocycles. The first-order valence-electron chi connectivity index (χ1n) is 6.79. The molecule has 1 atom stereocenters. The van der Waals surface area contributed by atoms with Crippen LogP contribution in [0.4, 0.5) is 19.3 Å². The van der Waals surface area contributed by atoms with Gasteiger partial charge in [0.1, 0.15) is 12.6 Å². The van der Waals surface area contributed by atoms with Crippen LogP contribution in [0.3, 0.4) is 0 Å². The molecule has 0 spiro atoms. The molecule has 2 rings (SSSR count). The third-order valence-corrected chi connectivity index (χ3v) is 3.19. The SMILES string of the molecule is CCCC1NC(=O)N(CC(=O)Nc2ccc(F)c(F)c2)C1=O. The third-order valence-electron chi connectivity index (χ3n) is 3.19. The quantitative estimate of drug-likeness (QED) is 0.811. The van der Waals surface area contributed by atoms with E-state index in [9.17, 15) is 23.2 Å². The van der Waals surface area contributed by atoms with Crippen molar-refractivity contribution in [1.82, 2.24) is 10.2 Å². The third kappa shape index (κ3) is 3.38. The highest BCUT2D eigenvalue weighted by atomic mass is 19.2. The molecule has 0 bridgehead atoms. The van der Waals surface area contributed by atoms with E-state index < -0.39 is 42.1 Å². The van der Waals surface area contributed by atoms with Gasteiger partial charge >= 0.3 is 6.03 Å². The maximum absolute atomic E-state index is 13.0. The van der Waals surface area contributed by atoms with Crippen LogP contribution in [0.2, 0.25) is 0 Å². The number of nitrogens with one attached hydrogen (secondary N) is 2. The summed E-state index contributed by atoms with van der Waals surface area (Å²) in [6, 6.07) is 1.62. The summed E-state index contributed by atoms with van der Waals surface area (Å²) in [5, 5.41) is 4.79. The van der Waals surface area contributed by atoms with E-state index in [1.54, 1.807) is 0 Å². The van der Waals surface area contributed by atoms with Crippen LogP contribution in [-0.2, 0) is 9.59 Å². The van der Waals surface area contributed by atoms with Crippen molar-refractivity contribution >= 4 is 23.5 Å². The van der Waals surface area contributed by atoms with Gasteiger partial charge < -0.3 is 10.6 Å². The molecule has 1 unspecified atom stereocenters. The van der Waals surface area contributed by atoms with Crippen LogP contribution in [0.5, 0.6) is 0 Å². The van der Waals surface area contributed by atoms with Crippen molar-refractivity contribution in [3.63, 3.8) is 0 Å². The van der Waals surface area contributed by atoms with Crippen molar-refractivity contribution in [2.24, 2.45) is 0 Å². The van der Waals surface area contributed by atoms with E-state index in [0.717, 1.165) is 17.0 Å². The Morgan fingerprint density at radius 1 is 1.32 bits per heavy atom. The molecule has 1 aromatic rings. The molecule has 6 nitrogen and oxygen atoms in total. The van der Waals surface area contributed by atoms with Crippen molar-refractivity contribution in [2.75, 3.05) is 11.9 Å². The first-order valence-corrected chi connectivity index (χ1v) is 6.79. The van der Waals surface area contributed by atoms with Gasteiger partial charge in [-0.15, -0.1) is 0 Å². The lowest BCUT2D eigenvalue weighted by Crippen LogP contribution is -2.38. The Morgan fingerprint density at radius 2 is 2.05 bits per heavy atom. The summed E-state index contributed by atoms with van der Waals surface area (Å²) in [5.74, 6) is -3.27. The highest BCUT2D eigenvalue weighted by Gasteiger charge is 2.38. The van der Waals surface area contributed by atoms with Crippen LogP contribution < -0.4 is 10.6 Å². The fourth-order valence-corrected chi connectivity index (χ4v) is 2.13. The van der Waals surface area contributed by atoms with Gasteiger partial charge in [-0.2, -0.15) is 0 Å². The van der Waals surface area contributed by atoms with E-state index in [-0.39, 0.29) is 5.69 Å². The zero-order chi connectivity index (χ0) is 16.3. The Kier molecular flexibility index (Phi) is 4.69. The number of amides is 4. The highest BCUT2D eigenvalue weighted by Crippen LogP contribution is 2.14. The predicted octanol–water partition coefficient (Wildman–Crippen LogP) is 1.62. The average molecular weight is 311 g/mol. The van der Waals surface area contributed by atoms with Crippen LogP contribution >= 0.6 is 0 Å². The van der Waals surface area contributed by atoms with Gasteiger partial charge in [-0.3, -0.25) is 14.5 Å². The molecular formula is C14H15F2N3O3. The molecule has 1 aliphatic rings. The molecule has 1 aliphatic heterocycles. The number of nitrogens with zero attached hydrogens (tertiary/aromatic N) is 1. The number of urea groups is 1. The van der Waals surface area contributed by atoms with Crippen LogP contribution in [0.15, 0.2) is 18.2 Å². The zero-order valence-electron chi connectivity index (χ0n) is 11.9. The lowest BCUT2D eigenvalue weighted by atomic mass is 10.2. The molecule has 118 valence electrons. The smallest absolute Gasteiger partial charge is 0.325 e. The average Bonchev–Trinajstić information content (AvgIpc) is 2.71. The fraction of sp³-hybridized carbons (Fsp3) is 0.357. The van der Waals surface area contributed by atoms with E-state index in [1.165, 1.54) is 6.07 Å². The minimum absolute atomic E-state index is 0.0427. The summed E-state index contributed by atoms with van der Waals surface area (Å²) in [5.41, 5.74) is 0.0427.